The predicted octanol–water partition coefficient (Wildman–Crippen LogP) is 1.40. The minimum absolute atomic E-state index is 0.198. The van der Waals surface area contributed by atoms with E-state index in [4.69, 9.17) is 4.74 Å². The summed E-state index contributed by atoms with van der Waals surface area (Å²) >= 11 is 0. The first-order chi connectivity index (χ1) is 11.2. The SMILES string of the molecule is CCOC(=O)[C@@H](NC(=O)c1cnnn1CC)C(C1CC1)C1CC1. The number of esters is 1. The molecule has 0 aromatic carbocycles. The molecular formula is C16H24N4O3. The van der Waals surface area contributed by atoms with Crippen LogP contribution in [0, 0.1) is 17.8 Å². The fourth-order valence-electron chi connectivity index (χ4n) is 3.32. The summed E-state index contributed by atoms with van der Waals surface area (Å²) in [5.41, 5.74) is 0.382. The minimum Gasteiger partial charge on any atom is -0.464 e. The summed E-state index contributed by atoms with van der Waals surface area (Å²) in [5.74, 6) is 0.642. The zero-order valence-corrected chi connectivity index (χ0v) is 13.7. The van der Waals surface area contributed by atoms with Crippen molar-refractivity contribution in [3.8, 4) is 0 Å². The number of ether oxygens (including phenoxy) is 1. The fourth-order valence-corrected chi connectivity index (χ4v) is 3.32. The lowest BCUT2D eigenvalue weighted by atomic mass is 9.89. The van der Waals surface area contributed by atoms with Gasteiger partial charge < -0.3 is 10.1 Å². The second kappa shape index (κ2) is 6.68. The first-order valence-corrected chi connectivity index (χ1v) is 8.51. The highest BCUT2D eigenvalue weighted by atomic mass is 16.5. The van der Waals surface area contributed by atoms with Crippen LogP contribution in [-0.2, 0) is 16.1 Å². The Balaban J connectivity index is 1.77. The smallest absolute Gasteiger partial charge is 0.328 e. The van der Waals surface area contributed by atoms with Gasteiger partial charge in [-0.1, -0.05) is 5.21 Å². The molecule has 1 amide bonds. The van der Waals surface area contributed by atoms with Crippen molar-refractivity contribution in [1.82, 2.24) is 20.3 Å². The Morgan fingerprint density at radius 2 is 1.96 bits per heavy atom. The van der Waals surface area contributed by atoms with Crippen molar-refractivity contribution in [2.75, 3.05) is 6.61 Å². The molecule has 2 saturated carbocycles. The quantitative estimate of drug-likeness (QED) is 0.732. The normalized spacial score (nSPS) is 18.7. The summed E-state index contributed by atoms with van der Waals surface area (Å²) < 4.78 is 6.75. The Morgan fingerprint density at radius 1 is 1.30 bits per heavy atom. The third-order valence-corrected chi connectivity index (χ3v) is 4.69. The van der Waals surface area contributed by atoms with Crippen molar-refractivity contribution in [3.05, 3.63) is 11.9 Å². The molecule has 1 aromatic rings. The number of carbonyl (C=O) groups is 2. The topological polar surface area (TPSA) is 86.1 Å². The second-order valence-corrected chi connectivity index (χ2v) is 6.39. The van der Waals surface area contributed by atoms with E-state index in [0.717, 1.165) is 25.7 Å². The lowest BCUT2D eigenvalue weighted by molar-refractivity contribution is -0.147. The Bertz CT molecular complexity index is 566. The second-order valence-electron chi connectivity index (χ2n) is 6.39. The van der Waals surface area contributed by atoms with E-state index in [0.29, 0.717) is 30.7 Å². The van der Waals surface area contributed by atoms with Gasteiger partial charge in [0, 0.05) is 6.54 Å². The number of nitrogens with one attached hydrogen (secondary N) is 1. The van der Waals surface area contributed by atoms with Crippen LogP contribution in [0.1, 0.15) is 50.0 Å². The number of carbonyl (C=O) groups excluding carboxylic acids is 2. The van der Waals surface area contributed by atoms with Crippen LogP contribution in [0.25, 0.3) is 0 Å². The summed E-state index contributed by atoms with van der Waals surface area (Å²) in [5, 5.41) is 10.6. The highest BCUT2D eigenvalue weighted by molar-refractivity contribution is 5.95. The molecule has 0 spiro atoms. The molecule has 2 aliphatic rings. The molecule has 1 aromatic heterocycles. The average Bonchev–Trinajstić information content (AvgIpc) is 3.47. The van der Waals surface area contributed by atoms with Crippen molar-refractivity contribution >= 4 is 11.9 Å². The maximum absolute atomic E-state index is 12.6. The van der Waals surface area contributed by atoms with Gasteiger partial charge in [-0.25, -0.2) is 9.48 Å². The molecule has 0 aliphatic heterocycles. The number of nitrogens with zero attached hydrogens (tertiary/aromatic N) is 3. The molecule has 7 nitrogen and oxygen atoms in total. The zero-order chi connectivity index (χ0) is 16.4. The predicted molar refractivity (Wildman–Crippen MR) is 82.5 cm³/mol. The van der Waals surface area contributed by atoms with Crippen LogP contribution in [0.15, 0.2) is 6.20 Å². The Morgan fingerprint density at radius 3 is 2.48 bits per heavy atom. The van der Waals surface area contributed by atoms with E-state index in [9.17, 15) is 9.59 Å². The summed E-state index contributed by atoms with van der Waals surface area (Å²) in [4.78, 5) is 25.0. The number of hydrogen-bond acceptors (Lipinski definition) is 5. The standard InChI is InChI=1S/C16H24N4O3/c1-3-20-12(9-17-19-20)15(21)18-14(16(22)23-4-2)13(10-5-6-10)11-7-8-11/h9-11,13-14H,3-8H2,1-2H3,(H,18,21)/t14-/m0/s1. The van der Waals surface area contributed by atoms with Crippen LogP contribution >= 0.6 is 0 Å². The lowest BCUT2D eigenvalue weighted by Gasteiger charge is -2.26. The van der Waals surface area contributed by atoms with Crippen LogP contribution in [0.2, 0.25) is 0 Å². The summed E-state index contributed by atoms with van der Waals surface area (Å²) in [6.07, 6.45) is 6.00. The van der Waals surface area contributed by atoms with Crippen molar-refractivity contribution in [1.29, 1.82) is 0 Å². The van der Waals surface area contributed by atoms with E-state index >= 15 is 0 Å². The number of hydrogen-bond donors (Lipinski definition) is 1. The average molecular weight is 320 g/mol. The van der Waals surface area contributed by atoms with Crippen LogP contribution in [0.5, 0.6) is 0 Å². The van der Waals surface area contributed by atoms with Crippen LogP contribution < -0.4 is 5.32 Å². The maximum atomic E-state index is 12.6. The number of aryl methyl sites for hydroxylation is 1. The Labute approximate surface area is 135 Å². The third-order valence-electron chi connectivity index (χ3n) is 4.69. The molecule has 0 unspecified atom stereocenters. The molecule has 1 N–H and O–H groups in total. The highest BCUT2D eigenvalue weighted by Crippen LogP contribution is 2.50. The van der Waals surface area contributed by atoms with E-state index in [1.807, 2.05) is 6.92 Å². The van der Waals surface area contributed by atoms with E-state index in [2.05, 4.69) is 15.6 Å². The number of aromatic nitrogens is 3. The van der Waals surface area contributed by atoms with Gasteiger partial charge >= 0.3 is 5.97 Å². The molecule has 1 atom stereocenters. The molecular weight excluding hydrogens is 296 g/mol. The van der Waals surface area contributed by atoms with Gasteiger partial charge in [-0.3, -0.25) is 4.79 Å². The molecule has 23 heavy (non-hydrogen) atoms. The van der Waals surface area contributed by atoms with Crippen molar-refractivity contribution in [2.24, 2.45) is 17.8 Å². The monoisotopic (exact) mass is 320 g/mol. The fraction of sp³-hybridized carbons (Fsp3) is 0.750. The van der Waals surface area contributed by atoms with Gasteiger partial charge in [0.25, 0.3) is 5.91 Å². The van der Waals surface area contributed by atoms with Crippen LogP contribution in [0.3, 0.4) is 0 Å². The van der Waals surface area contributed by atoms with E-state index < -0.39 is 6.04 Å². The number of rotatable bonds is 8. The minimum atomic E-state index is -0.567. The first-order valence-electron chi connectivity index (χ1n) is 8.51. The van der Waals surface area contributed by atoms with Crippen molar-refractivity contribution < 1.29 is 14.3 Å². The first kappa shape index (κ1) is 16.0. The van der Waals surface area contributed by atoms with Crippen LogP contribution in [0.4, 0.5) is 0 Å². The van der Waals surface area contributed by atoms with E-state index in [-0.39, 0.29) is 17.8 Å². The van der Waals surface area contributed by atoms with Gasteiger partial charge in [-0.15, -0.1) is 5.10 Å². The lowest BCUT2D eigenvalue weighted by Crippen LogP contribution is -2.48. The van der Waals surface area contributed by atoms with E-state index in [1.165, 1.54) is 10.9 Å². The molecule has 7 heteroatoms. The van der Waals surface area contributed by atoms with Gasteiger partial charge in [0.1, 0.15) is 11.7 Å². The molecule has 126 valence electrons. The van der Waals surface area contributed by atoms with Crippen LogP contribution in [-0.4, -0.2) is 39.5 Å². The largest absolute Gasteiger partial charge is 0.464 e. The summed E-state index contributed by atoms with van der Waals surface area (Å²) in [6, 6.07) is -0.567. The Hall–Kier alpha value is -1.92. The molecule has 0 radical (unpaired) electrons. The number of amides is 1. The third kappa shape index (κ3) is 3.54. The molecule has 2 aliphatic carbocycles. The highest BCUT2D eigenvalue weighted by Gasteiger charge is 2.49. The van der Waals surface area contributed by atoms with E-state index in [1.54, 1.807) is 6.92 Å². The summed E-state index contributed by atoms with van der Waals surface area (Å²) in [6.45, 7) is 4.56. The van der Waals surface area contributed by atoms with Gasteiger partial charge in [-0.05, 0) is 57.3 Å². The van der Waals surface area contributed by atoms with Gasteiger partial charge in [0.15, 0.2) is 0 Å². The Kier molecular flexibility index (Phi) is 4.63. The van der Waals surface area contributed by atoms with Crippen molar-refractivity contribution in [3.63, 3.8) is 0 Å². The molecule has 1 heterocycles. The van der Waals surface area contributed by atoms with Gasteiger partial charge in [0.05, 0.1) is 12.8 Å². The summed E-state index contributed by atoms with van der Waals surface area (Å²) in [7, 11) is 0. The zero-order valence-electron chi connectivity index (χ0n) is 13.7. The molecule has 3 rings (SSSR count). The van der Waals surface area contributed by atoms with Gasteiger partial charge in [-0.2, -0.15) is 0 Å². The maximum Gasteiger partial charge on any atom is 0.328 e. The van der Waals surface area contributed by atoms with Gasteiger partial charge in [0.2, 0.25) is 0 Å². The van der Waals surface area contributed by atoms with Crippen molar-refractivity contribution in [2.45, 2.75) is 52.1 Å². The molecule has 0 bridgehead atoms. The molecule has 2 fully saturated rings. The molecule has 0 saturated heterocycles.